The van der Waals surface area contributed by atoms with E-state index in [1.165, 1.54) is 16.4 Å². The van der Waals surface area contributed by atoms with Crippen LogP contribution in [0.4, 0.5) is 4.39 Å². The van der Waals surface area contributed by atoms with Gasteiger partial charge >= 0.3 is 0 Å². The molecule has 0 aromatic heterocycles. The lowest BCUT2D eigenvalue weighted by Crippen LogP contribution is -2.42. The lowest BCUT2D eigenvalue weighted by atomic mass is 10.1. The van der Waals surface area contributed by atoms with Crippen LogP contribution in [0.15, 0.2) is 47.4 Å². The molecule has 0 saturated carbocycles. The summed E-state index contributed by atoms with van der Waals surface area (Å²) in [7, 11) is -3.76. The Morgan fingerprint density at radius 3 is 2.35 bits per heavy atom. The SMILES string of the molecule is Cc1ccc(C(=O)NCC(=O)N2CCCN(S(=O)(=O)c3ccc(F)cc3)CC2)cc1C. The molecule has 0 atom stereocenters. The van der Waals surface area contributed by atoms with Gasteiger partial charge in [0.25, 0.3) is 5.91 Å². The molecular weight excluding hydrogens is 421 g/mol. The van der Waals surface area contributed by atoms with Gasteiger partial charge in [0, 0.05) is 31.7 Å². The lowest BCUT2D eigenvalue weighted by Gasteiger charge is -2.22. The van der Waals surface area contributed by atoms with Crippen molar-refractivity contribution >= 4 is 21.8 Å². The van der Waals surface area contributed by atoms with E-state index in [2.05, 4.69) is 5.32 Å². The van der Waals surface area contributed by atoms with Gasteiger partial charge in [0.1, 0.15) is 5.82 Å². The molecule has 0 spiro atoms. The molecule has 3 rings (SSSR count). The summed E-state index contributed by atoms with van der Waals surface area (Å²) in [6, 6.07) is 10.0. The van der Waals surface area contributed by atoms with E-state index in [1.807, 2.05) is 19.9 Å². The highest BCUT2D eigenvalue weighted by Gasteiger charge is 2.28. The highest BCUT2D eigenvalue weighted by Crippen LogP contribution is 2.18. The Morgan fingerprint density at radius 2 is 1.68 bits per heavy atom. The second-order valence-corrected chi connectivity index (χ2v) is 9.51. The van der Waals surface area contributed by atoms with E-state index in [4.69, 9.17) is 0 Å². The minimum atomic E-state index is -3.76. The van der Waals surface area contributed by atoms with Crippen molar-refractivity contribution in [2.75, 3.05) is 32.7 Å². The van der Waals surface area contributed by atoms with Gasteiger partial charge in [0.05, 0.1) is 11.4 Å². The first-order valence-corrected chi connectivity index (χ1v) is 11.5. The Bertz CT molecular complexity index is 1070. The highest BCUT2D eigenvalue weighted by molar-refractivity contribution is 7.89. The minimum absolute atomic E-state index is 0.0225. The molecule has 1 heterocycles. The molecule has 166 valence electrons. The van der Waals surface area contributed by atoms with Gasteiger partial charge in [-0.05, 0) is 67.8 Å². The zero-order valence-electron chi connectivity index (χ0n) is 17.6. The smallest absolute Gasteiger partial charge is 0.251 e. The molecule has 1 saturated heterocycles. The largest absolute Gasteiger partial charge is 0.343 e. The number of aryl methyl sites for hydroxylation is 2. The first-order chi connectivity index (χ1) is 14.7. The van der Waals surface area contributed by atoms with Crippen molar-refractivity contribution in [3.05, 3.63) is 65.0 Å². The molecule has 0 bridgehead atoms. The van der Waals surface area contributed by atoms with Crippen LogP contribution < -0.4 is 5.32 Å². The average Bonchev–Trinajstić information content (AvgIpc) is 3.01. The molecule has 2 amide bonds. The molecular formula is C22H26FN3O4S. The van der Waals surface area contributed by atoms with Crippen molar-refractivity contribution in [2.24, 2.45) is 0 Å². The van der Waals surface area contributed by atoms with Crippen molar-refractivity contribution in [3.8, 4) is 0 Å². The van der Waals surface area contributed by atoms with Gasteiger partial charge in [0.2, 0.25) is 15.9 Å². The fourth-order valence-corrected chi connectivity index (χ4v) is 4.86. The molecule has 7 nitrogen and oxygen atoms in total. The number of nitrogens with one attached hydrogen (secondary N) is 1. The number of halogens is 1. The molecule has 1 fully saturated rings. The maximum Gasteiger partial charge on any atom is 0.251 e. The number of nitrogens with zero attached hydrogens (tertiary/aromatic N) is 2. The van der Waals surface area contributed by atoms with Gasteiger partial charge < -0.3 is 10.2 Å². The third kappa shape index (κ3) is 5.48. The maximum atomic E-state index is 13.1. The number of sulfonamides is 1. The Morgan fingerprint density at radius 1 is 0.968 bits per heavy atom. The van der Waals surface area contributed by atoms with Crippen LogP contribution in [0.25, 0.3) is 0 Å². The number of hydrogen-bond acceptors (Lipinski definition) is 4. The van der Waals surface area contributed by atoms with Crippen molar-refractivity contribution in [1.29, 1.82) is 0 Å². The first kappa shape index (κ1) is 22.9. The Labute approximate surface area is 181 Å². The standard InChI is InChI=1S/C22H26FN3O4S/c1-16-4-5-18(14-17(16)2)22(28)24-15-21(27)25-10-3-11-26(13-12-25)31(29,30)20-8-6-19(23)7-9-20/h4-9,14H,3,10-13,15H2,1-2H3,(H,24,28). The van der Waals surface area contributed by atoms with Crippen LogP contribution in [0.1, 0.15) is 27.9 Å². The van der Waals surface area contributed by atoms with Gasteiger partial charge in [-0.15, -0.1) is 0 Å². The van der Waals surface area contributed by atoms with Crippen molar-refractivity contribution in [2.45, 2.75) is 25.2 Å². The third-order valence-electron chi connectivity index (χ3n) is 5.43. The summed E-state index contributed by atoms with van der Waals surface area (Å²) in [5.74, 6) is -1.10. The number of amides is 2. The van der Waals surface area contributed by atoms with Crippen LogP contribution in [0.2, 0.25) is 0 Å². The van der Waals surface area contributed by atoms with Crippen LogP contribution in [0.5, 0.6) is 0 Å². The Hall–Kier alpha value is -2.78. The molecule has 1 aliphatic rings. The van der Waals surface area contributed by atoms with Gasteiger partial charge in [-0.3, -0.25) is 9.59 Å². The van der Waals surface area contributed by atoms with E-state index in [0.717, 1.165) is 23.3 Å². The third-order valence-corrected chi connectivity index (χ3v) is 7.34. The maximum absolute atomic E-state index is 13.1. The van der Waals surface area contributed by atoms with Gasteiger partial charge in [-0.25, -0.2) is 12.8 Å². The van der Waals surface area contributed by atoms with E-state index in [1.54, 1.807) is 17.0 Å². The van der Waals surface area contributed by atoms with E-state index in [9.17, 15) is 22.4 Å². The molecule has 9 heteroatoms. The van der Waals surface area contributed by atoms with E-state index in [0.29, 0.717) is 18.5 Å². The van der Waals surface area contributed by atoms with E-state index in [-0.39, 0.29) is 42.9 Å². The summed E-state index contributed by atoms with van der Waals surface area (Å²) < 4.78 is 40.0. The lowest BCUT2D eigenvalue weighted by molar-refractivity contribution is -0.129. The molecule has 1 aliphatic heterocycles. The minimum Gasteiger partial charge on any atom is -0.343 e. The zero-order chi connectivity index (χ0) is 22.6. The number of rotatable bonds is 5. The summed E-state index contributed by atoms with van der Waals surface area (Å²) in [6.07, 6.45) is 0.470. The summed E-state index contributed by atoms with van der Waals surface area (Å²) >= 11 is 0. The first-order valence-electron chi connectivity index (χ1n) is 10.1. The predicted molar refractivity (Wildman–Crippen MR) is 115 cm³/mol. The van der Waals surface area contributed by atoms with Crippen molar-refractivity contribution < 1.29 is 22.4 Å². The van der Waals surface area contributed by atoms with Crippen LogP contribution in [-0.2, 0) is 14.8 Å². The van der Waals surface area contributed by atoms with Crippen molar-refractivity contribution in [1.82, 2.24) is 14.5 Å². The zero-order valence-corrected chi connectivity index (χ0v) is 18.4. The number of hydrogen-bond donors (Lipinski definition) is 1. The summed E-state index contributed by atoms with van der Waals surface area (Å²) in [5, 5.41) is 2.64. The Kier molecular flexibility index (Phi) is 7.07. The number of benzene rings is 2. The molecule has 0 unspecified atom stereocenters. The van der Waals surface area contributed by atoms with Crippen LogP contribution in [0.3, 0.4) is 0 Å². The second kappa shape index (κ2) is 9.57. The van der Waals surface area contributed by atoms with Crippen LogP contribution in [0, 0.1) is 19.7 Å². The normalized spacial score (nSPS) is 15.4. The molecule has 0 aliphatic carbocycles. The quantitative estimate of drug-likeness (QED) is 0.761. The topological polar surface area (TPSA) is 86.8 Å². The van der Waals surface area contributed by atoms with Gasteiger partial charge in [0.15, 0.2) is 0 Å². The molecule has 2 aromatic rings. The molecule has 31 heavy (non-hydrogen) atoms. The van der Waals surface area contributed by atoms with Crippen LogP contribution in [-0.4, -0.2) is 62.2 Å². The summed E-state index contributed by atoms with van der Waals surface area (Å²) in [4.78, 5) is 26.5. The van der Waals surface area contributed by atoms with Gasteiger partial charge in [-0.1, -0.05) is 6.07 Å². The highest BCUT2D eigenvalue weighted by atomic mass is 32.2. The monoisotopic (exact) mass is 447 g/mol. The molecule has 0 radical (unpaired) electrons. The van der Waals surface area contributed by atoms with Crippen LogP contribution >= 0.6 is 0 Å². The molecule has 1 N–H and O–H groups in total. The fraction of sp³-hybridized carbons (Fsp3) is 0.364. The molecule has 2 aromatic carbocycles. The van der Waals surface area contributed by atoms with E-state index >= 15 is 0 Å². The van der Waals surface area contributed by atoms with Crippen molar-refractivity contribution in [3.63, 3.8) is 0 Å². The number of carbonyl (C=O) groups excluding carboxylic acids is 2. The average molecular weight is 448 g/mol. The van der Waals surface area contributed by atoms with E-state index < -0.39 is 15.8 Å². The second-order valence-electron chi connectivity index (χ2n) is 7.57. The van der Waals surface area contributed by atoms with Gasteiger partial charge in [-0.2, -0.15) is 4.31 Å². The summed E-state index contributed by atoms with van der Waals surface area (Å²) in [6.45, 7) is 4.73. The Balaban J connectivity index is 1.57. The fourth-order valence-electron chi connectivity index (χ4n) is 3.39. The predicted octanol–water partition coefficient (Wildman–Crippen LogP) is 2.10. The summed E-state index contributed by atoms with van der Waals surface area (Å²) in [5.41, 5.74) is 2.56. The number of carbonyl (C=O) groups is 2.